The van der Waals surface area contributed by atoms with Crippen LogP contribution in [0.2, 0.25) is 0 Å². The van der Waals surface area contributed by atoms with E-state index in [4.69, 9.17) is 0 Å². The second kappa shape index (κ2) is 9.55. The van der Waals surface area contributed by atoms with Crippen LogP contribution in [0.3, 0.4) is 0 Å². The number of allylic oxidation sites excluding steroid dienone is 3. The number of benzene rings is 4. The van der Waals surface area contributed by atoms with Crippen LogP contribution >= 0.6 is 0 Å². The molecule has 2 heterocycles. The summed E-state index contributed by atoms with van der Waals surface area (Å²) in [6.07, 6.45) is 4.42. The molecule has 2 aliphatic heterocycles. The average Bonchev–Trinajstić information content (AvgIpc) is 2.97. The molecule has 0 N–H and O–H groups in total. The monoisotopic (exact) mass is 524 g/mol. The molecule has 2 unspecified atom stereocenters. The minimum absolute atomic E-state index is 0.0313. The Bertz CT molecular complexity index is 1570. The Labute approximate surface area is 240 Å². The molecule has 2 atom stereocenters. The molecule has 2 heteroatoms. The van der Waals surface area contributed by atoms with Crippen molar-refractivity contribution in [2.24, 2.45) is 11.8 Å². The number of hydrogen-bond donors (Lipinski definition) is 0. The second-order valence-corrected chi connectivity index (χ2v) is 12.4. The van der Waals surface area contributed by atoms with Crippen molar-refractivity contribution in [3.05, 3.63) is 138 Å². The number of para-hydroxylation sites is 3. The van der Waals surface area contributed by atoms with Crippen molar-refractivity contribution in [1.82, 2.24) is 0 Å². The lowest BCUT2D eigenvalue weighted by atomic mass is 9.63. The normalized spacial score (nSPS) is 20.4. The lowest BCUT2D eigenvalue weighted by Gasteiger charge is -2.50. The molecule has 0 spiro atoms. The highest BCUT2D eigenvalue weighted by Crippen LogP contribution is 2.55. The van der Waals surface area contributed by atoms with E-state index in [-0.39, 0.29) is 10.8 Å². The maximum atomic E-state index is 4.20. The lowest BCUT2D eigenvalue weighted by Crippen LogP contribution is -2.44. The predicted molar refractivity (Wildman–Crippen MR) is 171 cm³/mol. The molecule has 0 bridgehead atoms. The first-order chi connectivity index (χ1) is 19.2. The Morgan fingerprint density at radius 1 is 0.675 bits per heavy atom. The fourth-order valence-corrected chi connectivity index (χ4v) is 7.41. The van der Waals surface area contributed by atoms with Gasteiger partial charge in [0.2, 0.25) is 0 Å². The molecule has 2 aliphatic rings. The molecule has 202 valence electrons. The van der Waals surface area contributed by atoms with Crippen LogP contribution in [0.15, 0.2) is 121 Å². The zero-order valence-electron chi connectivity index (χ0n) is 24.6. The van der Waals surface area contributed by atoms with Crippen molar-refractivity contribution in [3.8, 4) is 0 Å². The van der Waals surface area contributed by atoms with Gasteiger partial charge >= 0.3 is 0 Å². The molecule has 0 aliphatic carbocycles. The summed E-state index contributed by atoms with van der Waals surface area (Å²) in [7, 11) is 0. The standard InChI is InChI=1S/C38H40N2/c1-8-26(3)36-32(9-2)39(35-24-15-12-21-31(35)38(36,6)7)27-17-16-18-28(25-27)40-33-22-13-10-19-29(33)37(4,5)30-20-11-14-23-34(30)40/h8-26,36H,1H2,2-7H3/b32-9+. The Hall–Kier alpha value is -4.04. The molecule has 40 heavy (non-hydrogen) atoms. The number of fused-ring (bicyclic) bond motifs is 3. The van der Waals surface area contributed by atoms with Crippen molar-refractivity contribution in [2.75, 3.05) is 9.80 Å². The summed E-state index contributed by atoms with van der Waals surface area (Å²) in [4.78, 5) is 4.93. The van der Waals surface area contributed by atoms with Gasteiger partial charge in [-0.25, -0.2) is 0 Å². The summed E-state index contributed by atoms with van der Waals surface area (Å²) >= 11 is 0. The zero-order valence-corrected chi connectivity index (χ0v) is 24.6. The van der Waals surface area contributed by atoms with E-state index < -0.39 is 0 Å². The minimum Gasteiger partial charge on any atom is -0.314 e. The van der Waals surface area contributed by atoms with Gasteiger partial charge in [0.1, 0.15) is 0 Å². The van der Waals surface area contributed by atoms with Crippen LogP contribution in [-0.4, -0.2) is 0 Å². The van der Waals surface area contributed by atoms with Gasteiger partial charge in [0.15, 0.2) is 0 Å². The van der Waals surface area contributed by atoms with E-state index in [2.05, 4.69) is 167 Å². The molecular weight excluding hydrogens is 484 g/mol. The average molecular weight is 525 g/mol. The van der Waals surface area contributed by atoms with E-state index in [0.29, 0.717) is 11.8 Å². The molecule has 0 aromatic heterocycles. The highest BCUT2D eigenvalue weighted by Gasteiger charge is 2.45. The molecule has 4 aromatic carbocycles. The van der Waals surface area contributed by atoms with Gasteiger partial charge in [-0.05, 0) is 65.9 Å². The quantitative estimate of drug-likeness (QED) is 0.245. The number of hydrogen-bond acceptors (Lipinski definition) is 2. The van der Waals surface area contributed by atoms with Gasteiger partial charge in [-0.3, -0.25) is 0 Å². The van der Waals surface area contributed by atoms with Crippen LogP contribution in [0.25, 0.3) is 0 Å². The van der Waals surface area contributed by atoms with E-state index in [0.717, 1.165) is 0 Å². The topological polar surface area (TPSA) is 6.48 Å². The van der Waals surface area contributed by atoms with Gasteiger partial charge in [0.25, 0.3) is 0 Å². The van der Waals surface area contributed by atoms with Crippen molar-refractivity contribution in [3.63, 3.8) is 0 Å². The highest BCUT2D eigenvalue weighted by atomic mass is 15.2. The summed E-state index contributed by atoms with van der Waals surface area (Å²) in [5.74, 6) is 0.620. The number of rotatable bonds is 4. The van der Waals surface area contributed by atoms with Crippen molar-refractivity contribution in [2.45, 2.75) is 52.4 Å². The third-order valence-electron chi connectivity index (χ3n) is 9.37. The molecular formula is C38H40N2. The van der Waals surface area contributed by atoms with Crippen LogP contribution in [-0.2, 0) is 10.8 Å². The van der Waals surface area contributed by atoms with E-state index in [1.807, 2.05) is 0 Å². The fourth-order valence-electron chi connectivity index (χ4n) is 7.41. The van der Waals surface area contributed by atoms with Crippen molar-refractivity contribution < 1.29 is 0 Å². The molecule has 0 saturated heterocycles. The lowest BCUT2D eigenvalue weighted by molar-refractivity contribution is 0.291. The van der Waals surface area contributed by atoms with Gasteiger partial charge in [0, 0.05) is 39.5 Å². The highest BCUT2D eigenvalue weighted by molar-refractivity contribution is 5.88. The van der Waals surface area contributed by atoms with E-state index in [1.54, 1.807) is 0 Å². The summed E-state index contributed by atoms with van der Waals surface area (Å²) in [5.41, 5.74) is 11.4. The Balaban J connectivity index is 1.56. The van der Waals surface area contributed by atoms with Gasteiger partial charge < -0.3 is 9.80 Å². The maximum absolute atomic E-state index is 4.20. The molecule has 0 radical (unpaired) electrons. The van der Waals surface area contributed by atoms with Gasteiger partial charge in [-0.1, -0.05) is 107 Å². The first-order valence-corrected chi connectivity index (χ1v) is 14.5. The van der Waals surface area contributed by atoms with Crippen LogP contribution < -0.4 is 9.80 Å². The van der Waals surface area contributed by atoms with Crippen LogP contribution in [0.4, 0.5) is 28.4 Å². The molecule has 2 nitrogen and oxygen atoms in total. The SMILES string of the molecule is C=CC(C)C1/C(=C\C)N(c2cccc(N3c4ccccc4C(C)(C)c4ccccc43)c2)c2ccccc2C1(C)C. The Morgan fingerprint density at radius 3 is 1.68 bits per heavy atom. The summed E-state index contributed by atoms with van der Waals surface area (Å²) < 4.78 is 0. The number of nitrogens with zero attached hydrogens (tertiary/aromatic N) is 2. The molecule has 0 amide bonds. The Morgan fingerprint density at radius 2 is 1.15 bits per heavy atom. The van der Waals surface area contributed by atoms with E-state index >= 15 is 0 Å². The van der Waals surface area contributed by atoms with Crippen molar-refractivity contribution in [1.29, 1.82) is 0 Å². The molecule has 0 fully saturated rings. The first kappa shape index (κ1) is 26.2. The zero-order chi connectivity index (χ0) is 28.2. The Kier molecular flexibility index (Phi) is 6.26. The minimum atomic E-state index is -0.0785. The van der Waals surface area contributed by atoms with Gasteiger partial charge in [-0.15, -0.1) is 6.58 Å². The van der Waals surface area contributed by atoms with E-state index in [9.17, 15) is 0 Å². The van der Waals surface area contributed by atoms with E-state index in [1.165, 1.54) is 50.8 Å². The van der Waals surface area contributed by atoms with Crippen molar-refractivity contribution >= 4 is 28.4 Å². The third-order valence-corrected chi connectivity index (χ3v) is 9.37. The van der Waals surface area contributed by atoms with Crippen LogP contribution in [0.1, 0.15) is 58.2 Å². The summed E-state index contributed by atoms with van der Waals surface area (Å²) in [5, 5.41) is 0. The summed E-state index contributed by atoms with van der Waals surface area (Å²) in [6.45, 7) is 18.1. The smallest absolute Gasteiger partial charge is 0.0502 e. The van der Waals surface area contributed by atoms with Gasteiger partial charge in [-0.2, -0.15) is 0 Å². The van der Waals surface area contributed by atoms with Crippen LogP contribution in [0, 0.1) is 11.8 Å². The predicted octanol–water partition coefficient (Wildman–Crippen LogP) is 10.6. The second-order valence-electron chi connectivity index (χ2n) is 12.4. The molecule has 6 rings (SSSR count). The third kappa shape index (κ3) is 3.77. The fraction of sp³-hybridized carbons (Fsp3) is 0.263. The van der Waals surface area contributed by atoms with Gasteiger partial charge in [0.05, 0.1) is 11.4 Å². The molecule has 0 saturated carbocycles. The first-order valence-electron chi connectivity index (χ1n) is 14.5. The number of anilines is 5. The van der Waals surface area contributed by atoms with Crippen LogP contribution in [0.5, 0.6) is 0 Å². The summed E-state index contributed by atoms with van der Waals surface area (Å²) in [6, 6.07) is 35.7. The maximum Gasteiger partial charge on any atom is 0.0502 e. The molecule has 4 aromatic rings. The largest absolute Gasteiger partial charge is 0.314 e.